The van der Waals surface area contributed by atoms with E-state index in [-0.39, 0.29) is 30.3 Å². The molecule has 0 bridgehead atoms. The van der Waals surface area contributed by atoms with E-state index in [0.717, 1.165) is 19.4 Å². The van der Waals surface area contributed by atoms with Crippen LogP contribution in [-0.4, -0.2) is 28.9 Å². The molecule has 0 radical (unpaired) electrons. The lowest BCUT2D eigenvalue weighted by Gasteiger charge is -2.27. The van der Waals surface area contributed by atoms with Gasteiger partial charge in [-0.15, -0.1) is 12.4 Å². The fourth-order valence-electron chi connectivity index (χ4n) is 2.35. The third-order valence-electron chi connectivity index (χ3n) is 3.40. The van der Waals surface area contributed by atoms with Gasteiger partial charge in [0.15, 0.2) is 0 Å². The van der Waals surface area contributed by atoms with E-state index >= 15 is 0 Å². The molecule has 1 amide bonds. The summed E-state index contributed by atoms with van der Waals surface area (Å²) in [6.45, 7) is 3.15. The van der Waals surface area contributed by atoms with Crippen LogP contribution in [0.5, 0.6) is 0 Å². The number of carbonyl (C=O) groups excluding carboxylic acids is 1. The summed E-state index contributed by atoms with van der Waals surface area (Å²) in [5.41, 5.74) is 6.74. The van der Waals surface area contributed by atoms with Gasteiger partial charge < -0.3 is 10.6 Å². The van der Waals surface area contributed by atoms with Gasteiger partial charge in [-0.2, -0.15) is 0 Å². The van der Waals surface area contributed by atoms with Gasteiger partial charge in [-0.25, -0.2) is 0 Å². The van der Waals surface area contributed by atoms with Crippen molar-refractivity contribution in [1.82, 2.24) is 9.88 Å². The van der Waals surface area contributed by atoms with Crippen LogP contribution in [0.1, 0.15) is 31.4 Å². The highest BCUT2D eigenvalue weighted by atomic mass is 35.5. The standard InChI is InChI=1S/C13H19N3O.ClH/c1-10(9-14)13(17)16-8-2-3-12(16)11-4-6-15-7-5-11;/h4-7,10,12H,2-3,8-9,14H2,1H3;1H. The Balaban J connectivity index is 0.00000162. The zero-order valence-electron chi connectivity index (χ0n) is 10.6. The maximum Gasteiger partial charge on any atom is 0.227 e. The first-order valence-electron chi connectivity index (χ1n) is 6.14. The average Bonchev–Trinajstić information content (AvgIpc) is 2.87. The molecule has 2 atom stereocenters. The van der Waals surface area contributed by atoms with Crippen LogP contribution in [0.4, 0.5) is 0 Å². The van der Waals surface area contributed by atoms with Crippen LogP contribution in [0.3, 0.4) is 0 Å². The fraction of sp³-hybridized carbons (Fsp3) is 0.538. The smallest absolute Gasteiger partial charge is 0.227 e. The van der Waals surface area contributed by atoms with Gasteiger partial charge in [0, 0.05) is 31.4 Å². The van der Waals surface area contributed by atoms with Crippen LogP contribution in [0.25, 0.3) is 0 Å². The Hall–Kier alpha value is -1.13. The van der Waals surface area contributed by atoms with Crippen LogP contribution >= 0.6 is 12.4 Å². The SMILES string of the molecule is CC(CN)C(=O)N1CCCC1c1ccncc1.Cl. The summed E-state index contributed by atoms with van der Waals surface area (Å²) < 4.78 is 0. The minimum absolute atomic E-state index is 0. The van der Waals surface area contributed by atoms with Gasteiger partial charge in [-0.05, 0) is 30.5 Å². The summed E-state index contributed by atoms with van der Waals surface area (Å²) in [5.74, 6) is 0.0873. The number of nitrogens with zero attached hydrogens (tertiary/aromatic N) is 2. The summed E-state index contributed by atoms with van der Waals surface area (Å²) in [5, 5.41) is 0. The van der Waals surface area contributed by atoms with Gasteiger partial charge in [-0.3, -0.25) is 9.78 Å². The molecule has 2 heterocycles. The lowest BCUT2D eigenvalue weighted by molar-refractivity contribution is -0.135. The van der Waals surface area contributed by atoms with Crippen molar-refractivity contribution in [3.8, 4) is 0 Å². The summed E-state index contributed by atoms with van der Waals surface area (Å²) in [7, 11) is 0. The summed E-state index contributed by atoms with van der Waals surface area (Å²) >= 11 is 0. The molecule has 4 nitrogen and oxygen atoms in total. The molecule has 1 aromatic heterocycles. The Morgan fingerprint density at radius 2 is 2.22 bits per heavy atom. The Bertz CT molecular complexity index is 385. The molecule has 1 aliphatic rings. The van der Waals surface area contributed by atoms with Crippen molar-refractivity contribution in [3.63, 3.8) is 0 Å². The topological polar surface area (TPSA) is 59.2 Å². The van der Waals surface area contributed by atoms with E-state index in [2.05, 4.69) is 4.98 Å². The molecule has 2 rings (SSSR count). The largest absolute Gasteiger partial charge is 0.335 e. The number of pyridine rings is 1. The predicted octanol–water partition coefficient (Wildman–Crippen LogP) is 1.76. The van der Waals surface area contributed by atoms with Crippen molar-refractivity contribution < 1.29 is 4.79 Å². The number of amides is 1. The van der Waals surface area contributed by atoms with Crippen LogP contribution in [-0.2, 0) is 4.79 Å². The molecule has 1 fully saturated rings. The van der Waals surface area contributed by atoms with Crippen molar-refractivity contribution in [2.45, 2.75) is 25.8 Å². The molecule has 100 valence electrons. The Kier molecular flexibility index (Phi) is 5.56. The molecule has 1 saturated heterocycles. The fourth-order valence-corrected chi connectivity index (χ4v) is 2.35. The van der Waals surface area contributed by atoms with Crippen LogP contribution in [0.15, 0.2) is 24.5 Å². The van der Waals surface area contributed by atoms with Gasteiger partial charge in [0.1, 0.15) is 0 Å². The summed E-state index contributed by atoms with van der Waals surface area (Å²) in [4.78, 5) is 18.2. The van der Waals surface area contributed by atoms with Crippen molar-refractivity contribution in [2.75, 3.05) is 13.1 Å². The van der Waals surface area contributed by atoms with Crippen molar-refractivity contribution in [1.29, 1.82) is 0 Å². The highest BCUT2D eigenvalue weighted by molar-refractivity contribution is 5.85. The Labute approximate surface area is 114 Å². The first kappa shape index (κ1) is 14.9. The molecule has 1 aromatic rings. The second kappa shape index (κ2) is 6.71. The minimum Gasteiger partial charge on any atom is -0.335 e. The molecular weight excluding hydrogens is 250 g/mol. The molecule has 0 aliphatic carbocycles. The van der Waals surface area contributed by atoms with Gasteiger partial charge in [-0.1, -0.05) is 6.92 Å². The molecule has 5 heteroatoms. The third kappa shape index (κ3) is 3.00. The minimum atomic E-state index is -0.0857. The predicted molar refractivity (Wildman–Crippen MR) is 73.4 cm³/mol. The molecular formula is C13H20ClN3O. The maximum absolute atomic E-state index is 12.2. The van der Waals surface area contributed by atoms with E-state index in [1.165, 1.54) is 5.56 Å². The molecule has 2 unspecified atom stereocenters. The maximum atomic E-state index is 12.2. The molecule has 0 saturated carbocycles. The molecule has 18 heavy (non-hydrogen) atoms. The number of hydrogen-bond acceptors (Lipinski definition) is 3. The van der Waals surface area contributed by atoms with E-state index < -0.39 is 0 Å². The van der Waals surface area contributed by atoms with E-state index in [1.807, 2.05) is 24.0 Å². The number of hydrogen-bond donors (Lipinski definition) is 1. The van der Waals surface area contributed by atoms with Crippen molar-refractivity contribution in [2.24, 2.45) is 11.7 Å². The van der Waals surface area contributed by atoms with Crippen molar-refractivity contribution >= 4 is 18.3 Å². The average molecular weight is 270 g/mol. The second-order valence-electron chi connectivity index (χ2n) is 4.61. The zero-order chi connectivity index (χ0) is 12.3. The second-order valence-corrected chi connectivity index (χ2v) is 4.61. The highest BCUT2D eigenvalue weighted by Gasteiger charge is 2.31. The zero-order valence-corrected chi connectivity index (χ0v) is 11.4. The van der Waals surface area contributed by atoms with Gasteiger partial charge in [0.2, 0.25) is 5.91 Å². The number of aromatic nitrogens is 1. The molecule has 0 spiro atoms. The number of rotatable bonds is 3. The Morgan fingerprint density at radius 1 is 1.56 bits per heavy atom. The summed E-state index contributed by atoms with van der Waals surface area (Å²) in [6.07, 6.45) is 5.66. The number of carbonyl (C=O) groups is 1. The highest BCUT2D eigenvalue weighted by Crippen LogP contribution is 2.32. The van der Waals surface area contributed by atoms with Crippen LogP contribution in [0, 0.1) is 5.92 Å². The molecule has 2 N–H and O–H groups in total. The number of likely N-dealkylation sites (tertiary alicyclic amines) is 1. The van der Waals surface area contributed by atoms with Gasteiger partial charge >= 0.3 is 0 Å². The van der Waals surface area contributed by atoms with E-state index in [9.17, 15) is 4.79 Å². The molecule has 1 aliphatic heterocycles. The van der Waals surface area contributed by atoms with Gasteiger partial charge in [0.05, 0.1) is 6.04 Å². The lowest BCUT2D eigenvalue weighted by atomic mass is 10.0. The normalized spacial score (nSPS) is 20.3. The first-order chi connectivity index (χ1) is 8.24. The quantitative estimate of drug-likeness (QED) is 0.910. The molecule has 0 aromatic carbocycles. The van der Waals surface area contributed by atoms with E-state index in [0.29, 0.717) is 6.54 Å². The monoisotopic (exact) mass is 269 g/mol. The van der Waals surface area contributed by atoms with Gasteiger partial charge in [0.25, 0.3) is 0 Å². The van der Waals surface area contributed by atoms with Crippen LogP contribution < -0.4 is 5.73 Å². The first-order valence-corrected chi connectivity index (χ1v) is 6.14. The number of halogens is 1. The Morgan fingerprint density at radius 3 is 2.83 bits per heavy atom. The van der Waals surface area contributed by atoms with Crippen molar-refractivity contribution in [3.05, 3.63) is 30.1 Å². The third-order valence-corrected chi connectivity index (χ3v) is 3.40. The number of nitrogens with two attached hydrogens (primary N) is 1. The van der Waals surface area contributed by atoms with E-state index in [1.54, 1.807) is 12.4 Å². The van der Waals surface area contributed by atoms with E-state index in [4.69, 9.17) is 5.73 Å². The summed E-state index contributed by atoms with van der Waals surface area (Å²) in [6, 6.07) is 4.19. The lowest BCUT2D eigenvalue weighted by Crippen LogP contribution is -2.37. The van der Waals surface area contributed by atoms with Crippen LogP contribution in [0.2, 0.25) is 0 Å².